The van der Waals surface area contributed by atoms with Gasteiger partial charge in [0.25, 0.3) is 0 Å². The van der Waals surface area contributed by atoms with Crippen molar-refractivity contribution < 1.29 is 14.3 Å². The van der Waals surface area contributed by atoms with Crippen molar-refractivity contribution in [2.24, 2.45) is 0 Å². The van der Waals surface area contributed by atoms with Crippen LogP contribution in [0.2, 0.25) is 0 Å². The molecule has 0 saturated heterocycles. The lowest BCUT2D eigenvalue weighted by atomic mass is 9.99. The molecule has 0 bridgehead atoms. The van der Waals surface area contributed by atoms with Gasteiger partial charge in [-0.15, -0.1) is 0 Å². The topological polar surface area (TPSA) is 71.5 Å². The molecule has 0 fully saturated rings. The van der Waals surface area contributed by atoms with Crippen LogP contribution < -0.4 is 10.1 Å². The number of para-hydroxylation sites is 3. The number of ether oxygens (including phenoxy) is 1. The summed E-state index contributed by atoms with van der Waals surface area (Å²) in [5.41, 5.74) is 4.35. The molecular weight excluding hydrogens is 390 g/mol. The largest absolute Gasteiger partial charge is 0.495 e. The van der Waals surface area contributed by atoms with E-state index in [9.17, 15) is 9.59 Å². The number of hydrogen-bond acceptors (Lipinski definition) is 4. The highest BCUT2D eigenvalue weighted by molar-refractivity contribution is 5.96. The number of pyridine rings is 1. The minimum atomic E-state index is -0.253. The van der Waals surface area contributed by atoms with E-state index in [2.05, 4.69) is 10.3 Å². The van der Waals surface area contributed by atoms with Gasteiger partial charge in [-0.2, -0.15) is 0 Å². The van der Waals surface area contributed by atoms with Crippen molar-refractivity contribution >= 4 is 28.4 Å². The zero-order valence-corrected chi connectivity index (χ0v) is 18.6. The highest BCUT2D eigenvalue weighted by atomic mass is 16.5. The molecule has 0 aliphatic carbocycles. The molecule has 3 aromatic rings. The normalized spacial score (nSPS) is 10.7. The van der Waals surface area contributed by atoms with Gasteiger partial charge < -0.3 is 15.0 Å². The van der Waals surface area contributed by atoms with E-state index < -0.39 is 0 Å². The monoisotopic (exact) mass is 419 g/mol. The summed E-state index contributed by atoms with van der Waals surface area (Å²) in [5, 5.41) is 3.89. The SMILES string of the molecule is CCCN(CC(=O)Nc1ccccc1OC)C(=O)Cc1c(C)nc2ccccc2c1C. The molecule has 162 valence electrons. The lowest BCUT2D eigenvalue weighted by molar-refractivity contribution is -0.134. The minimum absolute atomic E-state index is 0.0101. The van der Waals surface area contributed by atoms with Gasteiger partial charge in [-0.05, 0) is 49.6 Å². The number of nitrogens with one attached hydrogen (secondary N) is 1. The zero-order chi connectivity index (χ0) is 22.4. The molecule has 1 N–H and O–H groups in total. The second-order valence-corrected chi connectivity index (χ2v) is 7.56. The smallest absolute Gasteiger partial charge is 0.244 e. The quantitative estimate of drug-likeness (QED) is 0.592. The van der Waals surface area contributed by atoms with Gasteiger partial charge in [-0.25, -0.2) is 0 Å². The van der Waals surface area contributed by atoms with Crippen LogP contribution in [0, 0.1) is 13.8 Å². The average Bonchev–Trinajstić information content (AvgIpc) is 2.76. The summed E-state index contributed by atoms with van der Waals surface area (Å²) in [6, 6.07) is 15.2. The summed E-state index contributed by atoms with van der Waals surface area (Å²) in [4.78, 5) is 32.1. The maximum atomic E-state index is 13.1. The Kier molecular flexibility index (Phi) is 7.23. The van der Waals surface area contributed by atoms with Gasteiger partial charge in [-0.1, -0.05) is 37.3 Å². The van der Waals surface area contributed by atoms with E-state index in [4.69, 9.17) is 4.74 Å². The van der Waals surface area contributed by atoms with E-state index in [1.807, 2.05) is 57.2 Å². The first-order valence-electron chi connectivity index (χ1n) is 10.5. The Morgan fingerprint density at radius 1 is 1.06 bits per heavy atom. The number of anilines is 1. The van der Waals surface area contributed by atoms with Gasteiger partial charge in [0.1, 0.15) is 5.75 Å². The number of hydrogen-bond donors (Lipinski definition) is 1. The molecule has 0 radical (unpaired) electrons. The summed E-state index contributed by atoms with van der Waals surface area (Å²) in [6.45, 7) is 6.45. The van der Waals surface area contributed by atoms with E-state index in [-0.39, 0.29) is 24.8 Å². The molecule has 0 saturated carbocycles. The summed E-state index contributed by atoms with van der Waals surface area (Å²) < 4.78 is 5.28. The second-order valence-electron chi connectivity index (χ2n) is 7.56. The van der Waals surface area contributed by atoms with Gasteiger partial charge >= 0.3 is 0 Å². The predicted octanol–water partition coefficient (Wildman–Crippen LogP) is 4.28. The molecule has 6 heteroatoms. The first kappa shape index (κ1) is 22.3. The van der Waals surface area contributed by atoms with Gasteiger partial charge in [0, 0.05) is 17.6 Å². The maximum absolute atomic E-state index is 13.1. The summed E-state index contributed by atoms with van der Waals surface area (Å²) >= 11 is 0. The van der Waals surface area contributed by atoms with Crippen LogP contribution in [0.15, 0.2) is 48.5 Å². The second kappa shape index (κ2) is 10.1. The number of methoxy groups -OCH3 is 1. The third-order valence-corrected chi connectivity index (χ3v) is 5.38. The number of carbonyl (C=O) groups excluding carboxylic acids is 2. The third kappa shape index (κ3) is 5.20. The molecule has 1 aromatic heterocycles. The lowest BCUT2D eigenvalue weighted by Crippen LogP contribution is -2.39. The van der Waals surface area contributed by atoms with Crippen molar-refractivity contribution in [1.29, 1.82) is 0 Å². The summed E-state index contributed by atoms with van der Waals surface area (Å²) in [6.07, 6.45) is 0.985. The maximum Gasteiger partial charge on any atom is 0.244 e. The van der Waals surface area contributed by atoms with Crippen LogP contribution in [-0.2, 0) is 16.0 Å². The van der Waals surface area contributed by atoms with Gasteiger partial charge in [0.2, 0.25) is 11.8 Å². The van der Waals surface area contributed by atoms with Crippen molar-refractivity contribution in [2.45, 2.75) is 33.6 Å². The molecule has 0 unspecified atom stereocenters. The Morgan fingerprint density at radius 3 is 2.52 bits per heavy atom. The van der Waals surface area contributed by atoms with E-state index in [0.29, 0.717) is 18.0 Å². The van der Waals surface area contributed by atoms with Crippen molar-refractivity contribution in [3.8, 4) is 5.75 Å². The van der Waals surface area contributed by atoms with Crippen LogP contribution in [0.1, 0.15) is 30.2 Å². The summed E-state index contributed by atoms with van der Waals surface area (Å²) in [5.74, 6) is 0.245. The van der Waals surface area contributed by atoms with Crippen LogP contribution in [0.4, 0.5) is 5.69 Å². The molecule has 0 aliphatic heterocycles. The van der Waals surface area contributed by atoms with E-state index in [1.54, 1.807) is 24.1 Å². The fourth-order valence-corrected chi connectivity index (χ4v) is 3.77. The van der Waals surface area contributed by atoms with Crippen LogP contribution >= 0.6 is 0 Å². The molecule has 31 heavy (non-hydrogen) atoms. The predicted molar refractivity (Wildman–Crippen MR) is 123 cm³/mol. The highest BCUT2D eigenvalue weighted by Crippen LogP contribution is 2.24. The minimum Gasteiger partial charge on any atom is -0.495 e. The molecule has 0 aliphatic rings. The number of aromatic nitrogens is 1. The third-order valence-electron chi connectivity index (χ3n) is 5.38. The van der Waals surface area contributed by atoms with Crippen molar-refractivity contribution in [3.05, 3.63) is 65.4 Å². The van der Waals surface area contributed by atoms with Crippen LogP contribution in [0.3, 0.4) is 0 Å². The number of amides is 2. The first-order valence-corrected chi connectivity index (χ1v) is 10.5. The Hall–Kier alpha value is -3.41. The standard InChI is InChI=1S/C25H29N3O3/c1-5-14-28(16-24(29)27-22-12-8-9-13-23(22)31-4)25(30)15-20-17(2)19-10-6-7-11-21(19)26-18(20)3/h6-13H,5,14-16H2,1-4H3,(H,27,29). The van der Waals surface area contributed by atoms with Crippen molar-refractivity contribution in [2.75, 3.05) is 25.5 Å². The summed E-state index contributed by atoms with van der Waals surface area (Å²) in [7, 11) is 1.56. The fraction of sp³-hybridized carbons (Fsp3) is 0.320. The number of rotatable bonds is 8. The molecule has 1 heterocycles. The van der Waals surface area contributed by atoms with E-state index in [0.717, 1.165) is 34.1 Å². The van der Waals surface area contributed by atoms with E-state index in [1.165, 1.54) is 0 Å². The molecule has 6 nitrogen and oxygen atoms in total. The van der Waals surface area contributed by atoms with Crippen molar-refractivity contribution in [1.82, 2.24) is 9.88 Å². The van der Waals surface area contributed by atoms with E-state index >= 15 is 0 Å². The highest BCUT2D eigenvalue weighted by Gasteiger charge is 2.20. The molecule has 0 spiro atoms. The van der Waals surface area contributed by atoms with Crippen molar-refractivity contribution in [3.63, 3.8) is 0 Å². The lowest BCUT2D eigenvalue weighted by Gasteiger charge is -2.23. The Bertz CT molecular complexity index is 1090. The Morgan fingerprint density at radius 2 is 1.77 bits per heavy atom. The zero-order valence-electron chi connectivity index (χ0n) is 18.6. The molecule has 2 aromatic carbocycles. The fourth-order valence-electron chi connectivity index (χ4n) is 3.77. The first-order chi connectivity index (χ1) is 14.9. The Balaban J connectivity index is 1.76. The van der Waals surface area contributed by atoms with Gasteiger partial charge in [0.15, 0.2) is 0 Å². The average molecular weight is 420 g/mol. The number of benzene rings is 2. The van der Waals surface area contributed by atoms with Crippen LogP contribution in [0.5, 0.6) is 5.75 Å². The van der Waals surface area contributed by atoms with Crippen LogP contribution in [-0.4, -0.2) is 41.9 Å². The number of aryl methyl sites for hydroxylation is 2. The number of carbonyl (C=O) groups is 2. The van der Waals surface area contributed by atoms with Crippen LogP contribution in [0.25, 0.3) is 10.9 Å². The molecule has 2 amide bonds. The number of nitrogens with zero attached hydrogens (tertiary/aromatic N) is 2. The molecule has 0 atom stereocenters. The molecular formula is C25H29N3O3. The number of fused-ring (bicyclic) bond motifs is 1. The van der Waals surface area contributed by atoms with Gasteiger partial charge in [0.05, 0.1) is 31.3 Å². The molecule has 3 rings (SSSR count). The van der Waals surface area contributed by atoms with Gasteiger partial charge in [-0.3, -0.25) is 14.6 Å². The Labute approximate surface area is 183 Å².